The van der Waals surface area contributed by atoms with E-state index >= 15 is 0 Å². The van der Waals surface area contributed by atoms with Gasteiger partial charge in [0.15, 0.2) is 0 Å². The Morgan fingerprint density at radius 3 is 2.56 bits per heavy atom. The molecule has 0 N–H and O–H groups in total. The number of benzene rings is 2. The van der Waals surface area contributed by atoms with E-state index in [4.69, 9.17) is 9.15 Å². The minimum atomic E-state index is -0.671. The summed E-state index contributed by atoms with van der Waals surface area (Å²) in [5.41, 5.74) is 2.51. The maximum absolute atomic E-state index is 14.0. The predicted molar refractivity (Wildman–Crippen MR) is 137 cm³/mol. The van der Waals surface area contributed by atoms with Crippen LogP contribution in [0.3, 0.4) is 0 Å². The SMILES string of the molecule is CCOC(=O)CCN(Cc1ccco1)C(=O)[C@H](Cc1ccccc1)n1cc(-c2ccc(S)cc2)nn1. The van der Waals surface area contributed by atoms with E-state index in [9.17, 15) is 9.59 Å². The maximum Gasteiger partial charge on any atom is 0.307 e. The minimum Gasteiger partial charge on any atom is -0.467 e. The van der Waals surface area contributed by atoms with Crippen molar-refractivity contribution in [1.82, 2.24) is 19.9 Å². The Morgan fingerprint density at radius 1 is 1.08 bits per heavy atom. The summed E-state index contributed by atoms with van der Waals surface area (Å²) >= 11 is 4.34. The highest BCUT2D eigenvalue weighted by atomic mass is 32.1. The predicted octanol–water partition coefficient (Wildman–Crippen LogP) is 4.59. The van der Waals surface area contributed by atoms with Crippen LogP contribution in [0.1, 0.15) is 30.7 Å². The molecular weight excluding hydrogens is 476 g/mol. The first-order chi connectivity index (χ1) is 17.5. The molecule has 4 aromatic rings. The standard InChI is InChI=1S/C27H28N4O4S/c1-2-34-26(32)14-15-30(18-22-9-6-16-35-22)27(33)25(17-20-7-4-3-5-8-20)31-19-24(28-29-31)21-10-12-23(36)13-11-21/h3-13,16,19,25,36H,2,14-15,17-18H2,1H3/t25-/m0/s1. The van der Waals surface area contributed by atoms with Crippen molar-refractivity contribution >= 4 is 24.5 Å². The highest BCUT2D eigenvalue weighted by Gasteiger charge is 2.29. The maximum atomic E-state index is 14.0. The van der Waals surface area contributed by atoms with Gasteiger partial charge < -0.3 is 14.1 Å². The molecule has 0 unspecified atom stereocenters. The van der Waals surface area contributed by atoms with Gasteiger partial charge in [-0.05, 0) is 36.8 Å². The summed E-state index contributed by atoms with van der Waals surface area (Å²) in [5.74, 6) is 0.0727. The third-order valence-corrected chi connectivity index (χ3v) is 5.98. The van der Waals surface area contributed by atoms with Crippen molar-refractivity contribution in [3.8, 4) is 11.3 Å². The fourth-order valence-electron chi connectivity index (χ4n) is 3.85. The average molecular weight is 505 g/mol. The Labute approximate surface area is 215 Å². The number of carbonyl (C=O) groups is 2. The lowest BCUT2D eigenvalue weighted by Crippen LogP contribution is -2.39. The molecule has 1 amide bonds. The van der Waals surface area contributed by atoms with Crippen LogP contribution in [0.15, 0.2) is 88.5 Å². The van der Waals surface area contributed by atoms with Crippen LogP contribution in [0.5, 0.6) is 0 Å². The molecule has 186 valence electrons. The number of nitrogens with zero attached hydrogens (tertiary/aromatic N) is 4. The number of rotatable bonds is 11. The Balaban J connectivity index is 1.63. The monoisotopic (exact) mass is 504 g/mol. The van der Waals surface area contributed by atoms with Crippen molar-refractivity contribution in [3.63, 3.8) is 0 Å². The zero-order valence-corrected chi connectivity index (χ0v) is 20.9. The number of thiol groups is 1. The first-order valence-electron chi connectivity index (χ1n) is 11.8. The van der Waals surface area contributed by atoms with E-state index in [-0.39, 0.29) is 38.0 Å². The van der Waals surface area contributed by atoms with Crippen LogP contribution >= 0.6 is 12.6 Å². The first-order valence-corrected chi connectivity index (χ1v) is 12.2. The van der Waals surface area contributed by atoms with Gasteiger partial charge in [-0.15, -0.1) is 17.7 Å². The molecular formula is C27H28N4O4S. The molecule has 2 aromatic carbocycles. The third-order valence-electron chi connectivity index (χ3n) is 5.68. The summed E-state index contributed by atoms with van der Waals surface area (Å²) in [7, 11) is 0. The molecule has 4 rings (SSSR count). The van der Waals surface area contributed by atoms with Gasteiger partial charge in [0.05, 0.1) is 32.0 Å². The van der Waals surface area contributed by atoms with Crippen molar-refractivity contribution < 1.29 is 18.7 Å². The molecule has 2 aromatic heterocycles. The Morgan fingerprint density at radius 2 is 1.86 bits per heavy atom. The molecule has 0 aliphatic rings. The summed E-state index contributed by atoms with van der Waals surface area (Å²) in [6.45, 7) is 2.46. The molecule has 0 aliphatic carbocycles. The quantitative estimate of drug-likeness (QED) is 0.237. The molecule has 0 fully saturated rings. The molecule has 1 atom stereocenters. The van der Waals surface area contributed by atoms with E-state index in [1.165, 1.54) is 0 Å². The lowest BCUT2D eigenvalue weighted by atomic mass is 10.0. The van der Waals surface area contributed by atoms with Crippen LogP contribution in [0.25, 0.3) is 11.3 Å². The molecule has 0 radical (unpaired) electrons. The van der Waals surface area contributed by atoms with Gasteiger partial charge in [-0.2, -0.15) is 0 Å². The Bertz CT molecular complexity index is 1260. The van der Waals surface area contributed by atoms with E-state index in [1.807, 2.05) is 54.6 Å². The number of hydrogen-bond donors (Lipinski definition) is 1. The number of aromatic nitrogens is 3. The summed E-state index contributed by atoms with van der Waals surface area (Å²) in [4.78, 5) is 28.5. The van der Waals surface area contributed by atoms with E-state index in [0.717, 1.165) is 16.0 Å². The van der Waals surface area contributed by atoms with Gasteiger partial charge in [0.2, 0.25) is 5.91 Å². The average Bonchev–Trinajstić information content (AvgIpc) is 3.59. The topological polar surface area (TPSA) is 90.5 Å². The minimum absolute atomic E-state index is 0.0804. The van der Waals surface area contributed by atoms with Crippen LogP contribution in [0.2, 0.25) is 0 Å². The zero-order chi connectivity index (χ0) is 25.3. The van der Waals surface area contributed by atoms with Gasteiger partial charge in [-0.3, -0.25) is 9.59 Å². The van der Waals surface area contributed by atoms with E-state index in [2.05, 4.69) is 22.9 Å². The number of carbonyl (C=O) groups excluding carboxylic acids is 2. The van der Waals surface area contributed by atoms with Gasteiger partial charge >= 0.3 is 5.97 Å². The van der Waals surface area contributed by atoms with Crippen LogP contribution in [0, 0.1) is 0 Å². The molecule has 8 nitrogen and oxygen atoms in total. The molecule has 0 aliphatic heterocycles. The fourth-order valence-corrected chi connectivity index (χ4v) is 4.00. The second-order valence-electron chi connectivity index (χ2n) is 8.23. The smallest absolute Gasteiger partial charge is 0.307 e. The van der Waals surface area contributed by atoms with Crippen molar-refractivity contribution in [2.75, 3.05) is 13.2 Å². The number of furan rings is 1. The highest BCUT2D eigenvalue weighted by Crippen LogP contribution is 2.23. The van der Waals surface area contributed by atoms with E-state index in [0.29, 0.717) is 17.9 Å². The molecule has 2 heterocycles. The second-order valence-corrected chi connectivity index (χ2v) is 8.75. The van der Waals surface area contributed by atoms with Crippen LogP contribution in [-0.4, -0.2) is 44.9 Å². The molecule has 9 heteroatoms. The number of hydrogen-bond acceptors (Lipinski definition) is 7. The first kappa shape index (κ1) is 25.2. The Kier molecular flexibility index (Phi) is 8.57. The van der Waals surface area contributed by atoms with E-state index < -0.39 is 6.04 Å². The number of ether oxygens (including phenoxy) is 1. The molecule has 0 saturated carbocycles. The van der Waals surface area contributed by atoms with E-state index in [1.54, 1.807) is 41.1 Å². The van der Waals surface area contributed by atoms with Gasteiger partial charge in [0.1, 0.15) is 17.5 Å². The van der Waals surface area contributed by atoms with Crippen LogP contribution in [-0.2, 0) is 27.3 Å². The van der Waals surface area contributed by atoms with Gasteiger partial charge in [-0.25, -0.2) is 4.68 Å². The number of esters is 1. The molecule has 0 spiro atoms. The third kappa shape index (κ3) is 6.63. The van der Waals surface area contributed by atoms with Crippen molar-refractivity contribution in [2.24, 2.45) is 0 Å². The Hall–Kier alpha value is -3.85. The summed E-state index contributed by atoms with van der Waals surface area (Å²) in [6, 6.07) is 20.2. The number of amides is 1. The second kappa shape index (κ2) is 12.2. The lowest BCUT2D eigenvalue weighted by molar-refractivity contribution is -0.144. The zero-order valence-electron chi connectivity index (χ0n) is 20.0. The summed E-state index contributed by atoms with van der Waals surface area (Å²) in [5, 5.41) is 8.64. The van der Waals surface area contributed by atoms with Crippen molar-refractivity contribution in [2.45, 2.75) is 37.2 Å². The largest absolute Gasteiger partial charge is 0.467 e. The van der Waals surface area contributed by atoms with Crippen molar-refractivity contribution in [1.29, 1.82) is 0 Å². The van der Waals surface area contributed by atoms with Gasteiger partial charge in [0, 0.05) is 23.4 Å². The van der Waals surface area contributed by atoms with Gasteiger partial charge in [-0.1, -0.05) is 47.7 Å². The lowest BCUT2D eigenvalue weighted by Gasteiger charge is -2.26. The molecule has 0 bridgehead atoms. The van der Waals surface area contributed by atoms with Crippen molar-refractivity contribution in [3.05, 3.63) is 90.5 Å². The fraction of sp³-hybridized carbons (Fsp3) is 0.259. The van der Waals surface area contributed by atoms with Crippen LogP contribution < -0.4 is 0 Å². The normalized spacial score (nSPS) is 11.7. The summed E-state index contributed by atoms with van der Waals surface area (Å²) < 4.78 is 12.2. The van der Waals surface area contributed by atoms with Crippen LogP contribution in [0.4, 0.5) is 0 Å². The van der Waals surface area contributed by atoms with Gasteiger partial charge in [0.25, 0.3) is 0 Å². The highest BCUT2D eigenvalue weighted by molar-refractivity contribution is 7.80. The molecule has 0 saturated heterocycles. The summed E-state index contributed by atoms with van der Waals surface area (Å²) in [6.07, 6.45) is 3.82. The molecule has 36 heavy (non-hydrogen) atoms.